The number of nitrogens with zero attached hydrogens (tertiary/aromatic N) is 2. The Hall–Kier alpha value is -2.61. The van der Waals surface area contributed by atoms with Crippen molar-refractivity contribution in [1.29, 1.82) is 0 Å². The van der Waals surface area contributed by atoms with Crippen LogP contribution in [0.25, 0.3) is 0 Å². The second-order valence-corrected chi connectivity index (χ2v) is 8.25. The first-order chi connectivity index (χ1) is 13.9. The van der Waals surface area contributed by atoms with Gasteiger partial charge in [0.1, 0.15) is 5.82 Å². The van der Waals surface area contributed by atoms with Gasteiger partial charge in [0.25, 0.3) is 11.8 Å². The van der Waals surface area contributed by atoms with Crippen LogP contribution < -0.4 is 5.32 Å². The van der Waals surface area contributed by atoms with Crippen molar-refractivity contribution in [2.45, 2.75) is 44.4 Å². The van der Waals surface area contributed by atoms with Gasteiger partial charge in [-0.15, -0.1) is 0 Å². The van der Waals surface area contributed by atoms with Gasteiger partial charge in [0.05, 0.1) is 22.4 Å². The van der Waals surface area contributed by atoms with Gasteiger partial charge in [-0.2, -0.15) is 12.6 Å². The maximum atomic E-state index is 12.6. The van der Waals surface area contributed by atoms with Crippen molar-refractivity contribution in [3.63, 3.8) is 0 Å². The molecule has 8 heteroatoms. The molecule has 0 spiro atoms. The Bertz CT molecular complexity index is 847. The fourth-order valence-corrected chi connectivity index (χ4v) is 3.72. The van der Waals surface area contributed by atoms with Gasteiger partial charge >= 0.3 is 0 Å². The average molecular weight is 415 g/mol. The summed E-state index contributed by atoms with van der Waals surface area (Å²) in [6.07, 6.45) is 5.11. The van der Waals surface area contributed by atoms with Crippen molar-refractivity contribution in [1.82, 2.24) is 20.2 Å². The lowest BCUT2D eigenvalue weighted by atomic mass is 10.0. The summed E-state index contributed by atoms with van der Waals surface area (Å²) in [5.74, 6) is 0.370. The zero-order chi connectivity index (χ0) is 21.0. The number of carbonyl (C=O) groups excluding carboxylic acids is 3. The second kappa shape index (κ2) is 9.26. The molecule has 154 valence electrons. The van der Waals surface area contributed by atoms with Crippen LogP contribution in [0.5, 0.6) is 0 Å². The number of imidazole rings is 1. The van der Waals surface area contributed by atoms with E-state index in [9.17, 15) is 14.4 Å². The second-order valence-electron chi connectivity index (χ2n) is 7.63. The summed E-state index contributed by atoms with van der Waals surface area (Å²) in [6.45, 7) is 4.44. The lowest BCUT2D eigenvalue weighted by Crippen LogP contribution is -2.36. The lowest BCUT2D eigenvalue weighted by molar-refractivity contribution is -0.121. The van der Waals surface area contributed by atoms with Crippen molar-refractivity contribution in [3.8, 4) is 0 Å². The number of aromatic amines is 1. The van der Waals surface area contributed by atoms with E-state index in [1.54, 1.807) is 36.7 Å². The van der Waals surface area contributed by atoms with Crippen LogP contribution in [0.1, 0.15) is 65.7 Å². The molecule has 1 aromatic carbocycles. The van der Waals surface area contributed by atoms with Crippen molar-refractivity contribution in [3.05, 3.63) is 53.6 Å². The van der Waals surface area contributed by atoms with E-state index >= 15 is 0 Å². The summed E-state index contributed by atoms with van der Waals surface area (Å²) in [7, 11) is 0. The number of H-pyrrole nitrogens is 1. The Balaban J connectivity index is 1.51. The monoisotopic (exact) mass is 414 g/mol. The Morgan fingerprint density at radius 1 is 1.21 bits per heavy atom. The molecule has 2 atom stereocenters. The number of hydrogen-bond acceptors (Lipinski definition) is 5. The van der Waals surface area contributed by atoms with Gasteiger partial charge < -0.3 is 10.3 Å². The fraction of sp³-hybridized carbons (Fsp3) is 0.429. The Kier molecular flexibility index (Phi) is 6.74. The number of rotatable bonds is 9. The zero-order valence-corrected chi connectivity index (χ0v) is 17.5. The van der Waals surface area contributed by atoms with Crippen LogP contribution in [0.4, 0.5) is 0 Å². The third-order valence-corrected chi connectivity index (χ3v) is 5.41. The van der Waals surface area contributed by atoms with Crippen molar-refractivity contribution in [2.24, 2.45) is 5.92 Å². The highest BCUT2D eigenvalue weighted by Gasteiger charge is 2.34. The van der Waals surface area contributed by atoms with E-state index in [-0.39, 0.29) is 30.3 Å². The number of imide groups is 1. The molecule has 2 N–H and O–H groups in total. The topological polar surface area (TPSA) is 95.2 Å². The SMILES string of the molecule is CC(C)C[C@H](NC(=O)[C@@H](S)CCCN1C(=O)c2ccccc2C1=O)c1ncc[nH]1. The first-order valence-corrected chi connectivity index (χ1v) is 10.3. The Labute approximate surface area is 175 Å². The molecule has 0 unspecified atom stereocenters. The fourth-order valence-electron chi connectivity index (χ4n) is 3.46. The van der Waals surface area contributed by atoms with Gasteiger partial charge in [-0.1, -0.05) is 26.0 Å². The molecular weight excluding hydrogens is 388 g/mol. The molecule has 0 saturated heterocycles. The number of fused-ring (bicyclic) bond motifs is 1. The minimum Gasteiger partial charge on any atom is -0.347 e. The van der Waals surface area contributed by atoms with Crippen LogP contribution in [0.2, 0.25) is 0 Å². The molecule has 2 heterocycles. The third-order valence-electron chi connectivity index (χ3n) is 4.91. The first-order valence-electron chi connectivity index (χ1n) is 9.81. The minimum atomic E-state index is -0.533. The molecule has 2 aromatic rings. The summed E-state index contributed by atoms with van der Waals surface area (Å²) in [6, 6.07) is 6.60. The van der Waals surface area contributed by atoms with Gasteiger partial charge in [0, 0.05) is 18.9 Å². The highest BCUT2D eigenvalue weighted by molar-refractivity contribution is 7.81. The Morgan fingerprint density at radius 3 is 2.41 bits per heavy atom. The van der Waals surface area contributed by atoms with Crippen molar-refractivity contribution >= 4 is 30.4 Å². The number of carbonyl (C=O) groups is 3. The highest BCUT2D eigenvalue weighted by Crippen LogP contribution is 2.23. The van der Waals surface area contributed by atoms with E-state index in [1.165, 1.54) is 4.90 Å². The van der Waals surface area contributed by atoms with E-state index < -0.39 is 5.25 Å². The van der Waals surface area contributed by atoms with Gasteiger partial charge in [-0.25, -0.2) is 4.98 Å². The number of nitrogens with one attached hydrogen (secondary N) is 2. The third kappa shape index (κ3) is 4.87. The van der Waals surface area contributed by atoms with Crippen LogP contribution in [0.3, 0.4) is 0 Å². The number of aromatic nitrogens is 2. The predicted molar refractivity (Wildman–Crippen MR) is 113 cm³/mol. The van der Waals surface area contributed by atoms with Gasteiger partial charge in [0.2, 0.25) is 5.91 Å². The zero-order valence-electron chi connectivity index (χ0n) is 16.6. The number of thiol groups is 1. The summed E-state index contributed by atoms with van der Waals surface area (Å²) in [4.78, 5) is 45.9. The molecule has 3 amide bonds. The number of hydrogen-bond donors (Lipinski definition) is 3. The molecule has 29 heavy (non-hydrogen) atoms. The van der Waals surface area contributed by atoms with Crippen LogP contribution in [-0.2, 0) is 4.79 Å². The number of amides is 3. The van der Waals surface area contributed by atoms with Crippen LogP contribution in [0.15, 0.2) is 36.7 Å². The maximum Gasteiger partial charge on any atom is 0.261 e. The summed E-state index contributed by atoms with van der Waals surface area (Å²) < 4.78 is 0. The lowest BCUT2D eigenvalue weighted by Gasteiger charge is -2.21. The number of benzene rings is 1. The largest absolute Gasteiger partial charge is 0.347 e. The molecule has 0 fully saturated rings. The van der Waals surface area contributed by atoms with Gasteiger partial charge in [-0.05, 0) is 37.3 Å². The molecule has 1 aliphatic heterocycles. The van der Waals surface area contributed by atoms with E-state index in [4.69, 9.17) is 0 Å². The predicted octanol–water partition coefficient (Wildman–Crippen LogP) is 2.99. The molecule has 7 nitrogen and oxygen atoms in total. The molecule has 0 saturated carbocycles. The molecule has 0 bridgehead atoms. The smallest absolute Gasteiger partial charge is 0.261 e. The molecule has 1 aromatic heterocycles. The average Bonchev–Trinajstić information content (AvgIpc) is 3.31. The highest BCUT2D eigenvalue weighted by atomic mass is 32.1. The van der Waals surface area contributed by atoms with Crippen molar-refractivity contribution in [2.75, 3.05) is 6.54 Å². The summed E-state index contributed by atoms with van der Waals surface area (Å²) >= 11 is 4.43. The van der Waals surface area contributed by atoms with E-state index in [0.29, 0.717) is 29.9 Å². The van der Waals surface area contributed by atoms with Crippen LogP contribution >= 0.6 is 12.6 Å². The summed E-state index contributed by atoms with van der Waals surface area (Å²) in [5.41, 5.74) is 0.875. The van der Waals surface area contributed by atoms with Gasteiger partial charge in [0.15, 0.2) is 0 Å². The van der Waals surface area contributed by atoms with Gasteiger partial charge in [-0.3, -0.25) is 19.3 Å². The Morgan fingerprint density at radius 2 is 1.86 bits per heavy atom. The first kappa shape index (κ1) is 21.1. The van der Waals surface area contributed by atoms with Crippen LogP contribution in [-0.4, -0.2) is 44.4 Å². The van der Waals surface area contributed by atoms with E-state index in [0.717, 1.165) is 12.2 Å². The minimum absolute atomic E-state index is 0.183. The molecule has 3 rings (SSSR count). The van der Waals surface area contributed by atoms with E-state index in [2.05, 4.69) is 41.8 Å². The molecular formula is C21H26N4O3S. The summed E-state index contributed by atoms with van der Waals surface area (Å²) in [5, 5.41) is 2.47. The van der Waals surface area contributed by atoms with E-state index in [1.807, 2.05) is 0 Å². The van der Waals surface area contributed by atoms with Crippen LogP contribution in [0, 0.1) is 5.92 Å². The quantitative estimate of drug-likeness (QED) is 0.434. The normalized spacial score (nSPS) is 15.5. The molecule has 0 aliphatic carbocycles. The standard InChI is InChI=1S/C21H26N4O3S/c1-13(2)12-16(18-22-9-10-23-18)24-19(26)17(29)8-5-11-25-20(27)14-6-3-4-7-15(14)21(25)28/h3-4,6-7,9-10,13,16-17,29H,5,8,11-12H2,1-2H3,(H,22,23)(H,24,26)/t16-,17-/m0/s1. The molecule has 1 aliphatic rings. The molecule has 0 radical (unpaired) electrons. The van der Waals surface area contributed by atoms with Crippen molar-refractivity contribution < 1.29 is 14.4 Å². The maximum absolute atomic E-state index is 12.6.